The van der Waals surface area contributed by atoms with Crippen LogP contribution in [0.2, 0.25) is 0 Å². The van der Waals surface area contributed by atoms with Gasteiger partial charge in [-0.1, -0.05) is 0 Å². The molecule has 0 bridgehead atoms. The molecule has 2 aromatic heterocycles. The van der Waals surface area contributed by atoms with Gasteiger partial charge in [0.15, 0.2) is 11.5 Å². The van der Waals surface area contributed by atoms with Gasteiger partial charge in [-0.05, 0) is 56.3 Å². The van der Waals surface area contributed by atoms with Gasteiger partial charge in [-0.3, -0.25) is 0 Å². The fourth-order valence-electron chi connectivity index (χ4n) is 4.28. The van der Waals surface area contributed by atoms with Crippen LogP contribution in [0.3, 0.4) is 0 Å². The van der Waals surface area contributed by atoms with Crippen LogP contribution >= 0.6 is 0 Å². The average Bonchev–Trinajstić information content (AvgIpc) is 3.40. The van der Waals surface area contributed by atoms with Crippen LogP contribution in [0.4, 0.5) is 10.1 Å². The quantitative estimate of drug-likeness (QED) is 0.437. The molecule has 0 amide bonds. The summed E-state index contributed by atoms with van der Waals surface area (Å²) in [6, 6.07) is 12.1. The molecule has 5 rings (SSSR count). The fraction of sp³-hybridized carbons (Fsp3) is 0.250. The predicted octanol–water partition coefficient (Wildman–Crippen LogP) is 4.52. The van der Waals surface area contributed by atoms with Crippen molar-refractivity contribution in [2.75, 3.05) is 24.5 Å². The molecule has 3 heterocycles. The number of anilines is 1. The Morgan fingerprint density at radius 3 is 2.69 bits per heavy atom. The minimum Gasteiger partial charge on any atom is -0.476 e. The summed E-state index contributed by atoms with van der Waals surface area (Å²) >= 11 is 0. The number of oxazole rings is 1. The van der Waals surface area contributed by atoms with E-state index >= 15 is 0 Å². The normalized spacial score (nSPS) is 15.9. The zero-order valence-corrected chi connectivity index (χ0v) is 17.8. The maximum absolute atomic E-state index is 14.7. The summed E-state index contributed by atoms with van der Waals surface area (Å²) in [7, 11) is 0. The maximum Gasteiger partial charge on any atom is 0.358 e. The molecular weight excluding hydrogens is 411 g/mol. The van der Waals surface area contributed by atoms with Crippen LogP contribution in [0.5, 0.6) is 0 Å². The Morgan fingerprint density at radius 1 is 1.19 bits per heavy atom. The molecule has 0 aliphatic carbocycles. The third-order valence-corrected chi connectivity index (χ3v) is 5.79. The first-order valence-corrected chi connectivity index (χ1v) is 10.4. The van der Waals surface area contributed by atoms with Gasteiger partial charge < -0.3 is 24.7 Å². The Morgan fingerprint density at radius 2 is 1.97 bits per heavy atom. The summed E-state index contributed by atoms with van der Waals surface area (Å²) in [6.45, 7) is 6.95. The van der Waals surface area contributed by atoms with E-state index in [0.717, 1.165) is 25.3 Å². The van der Waals surface area contributed by atoms with Crippen LogP contribution in [0, 0.1) is 5.82 Å². The summed E-state index contributed by atoms with van der Waals surface area (Å²) in [4.78, 5) is 21.3. The highest BCUT2D eigenvalue weighted by atomic mass is 19.1. The first kappa shape index (κ1) is 20.3. The lowest BCUT2D eigenvalue weighted by atomic mass is 10.0. The number of carboxylic acid groups (broad SMARTS) is 1. The smallest absolute Gasteiger partial charge is 0.358 e. The van der Waals surface area contributed by atoms with Gasteiger partial charge in [0.25, 0.3) is 0 Å². The molecular formula is C24H23FN4O3. The van der Waals surface area contributed by atoms with Gasteiger partial charge >= 0.3 is 5.97 Å². The molecule has 0 atom stereocenters. The van der Waals surface area contributed by atoms with Crippen molar-refractivity contribution < 1.29 is 18.7 Å². The molecule has 164 valence electrons. The van der Waals surface area contributed by atoms with E-state index in [1.54, 1.807) is 18.3 Å². The van der Waals surface area contributed by atoms with Crippen LogP contribution in [0.15, 0.2) is 53.1 Å². The van der Waals surface area contributed by atoms with E-state index in [4.69, 9.17) is 4.42 Å². The summed E-state index contributed by atoms with van der Waals surface area (Å²) in [5.74, 6) is -1.72. The fourth-order valence-corrected chi connectivity index (χ4v) is 4.28. The van der Waals surface area contributed by atoms with Crippen molar-refractivity contribution in [3.63, 3.8) is 0 Å². The Labute approximate surface area is 183 Å². The number of hydrogen-bond donors (Lipinski definition) is 3. The molecule has 8 heteroatoms. The molecule has 1 fully saturated rings. The first-order valence-electron chi connectivity index (χ1n) is 10.4. The number of aromatic amines is 1. The van der Waals surface area contributed by atoms with Crippen molar-refractivity contribution in [2.45, 2.75) is 19.4 Å². The van der Waals surface area contributed by atoms with Gasteiger partial charge in [-0.2, -0.15) is 0 Å². The number of fused-ring (bicyclic) bond motifs is 1. The molecule has 32 heavy (non-hydrogen) atoms. The monoisotopic (exact) mass is 434 g/mol. The van der Waals surface area contributed by atoms with Crippen molar-refractivity contribution in [1.29, 1.82) is 0 Å². The van der Waals surface area contributed by atoms with E-state index in [1.165, 1.54) is 6.07 Å². The number of H-pyrrole nitrogens is 1. The lowest BCUT2D eigenvalue weighted by molar-refractivity contribution is 0.0691. The molecule has 2 aromatic carbocycles. The standard InChI is InChI=1S/C24H23FN4O3/c1-24(2)13-29(12-11-27-24)15-5-3-14(4-6-15)21-20(23(30)31)28-22(32-21)19-16-9-10-26-18(16)8-7-17(19)25/h3-10,26-27H,11-13H2,1-2H3,(H,30,31). The summed E-state index contributed by atoms with van der Waals surface area (Å²) < 4.78 is 20.5. The topological polar surface area (TPSA) is 94.4 Å². The Balaban J connectivity index is 1.54. The number of hydrogen-bond acceptors (Lipinski definition) is 5. The molecule has 0 unspecified atom stereocenters. The van der Waals surface area contributed by atoms with Crippen LogP contribution in [0.25, 0.3) is 33.7 Å². The van der Waals surface area contributed by atoms with Crippen molar-refractivity contribution in [1.82, 2.24) is 15.3 Å². The number of halogens is 1. The average molecular weight is 434 g/mol. The number of nitrogens with one attached hydrogen (secondary N) is 2. The van der Waals surface area contributed by atoms with Crippen molar-refractivity contribution in [2.24, 2.45) is 0 Å². The highest BCUT2D eigenvalue weighted by molar-refractivity contribution is 5.96. The van der Waals surface area contributed by atoms with Gasteiger partial charge in [-0.15, -0.1) is 0 Å². The highest BCUT2D eigenvalue weighted by Gasteiger charge is 2.27. The van der Waals surface area contributed by atoms with Crippen LogP contribution in [-0.2, 0) is 0 Å². The molecule has 0 radical (unpaired) electrons. The van der Waals surface area contributed by atoms with Gasteiger partial charge in [0, 0.05) is 53.5 Å². The number of carboxylic acids is 1. The molecule has 7 nitrogen and oxygen atoms in total. The number of carbonyl (C=O) groups is 1. The minimum absolute atomic E-state index is 0.0105. The molecule has 0 saturated carbocycles. The molecule has 1 saturated heterocycles. The SMILES string of the molecule is CC1(C)CN(c2ccc(-c3oc(-c4c(F)ccc5[nH]ccc45)nc3C(=O)O)cc2)CCN1. The predicted molar refractivity (Wildman–Crippen MR) is 120 cm³/mol. The Bertz CT molecular complexity index is 1310. The van der Waals surface area contributed by atoms with Crippen molar-refractivity contribution in [3.05, 3.63) is 60.2 Å². The molecule has 3 N–H and O–H groups in total. The molecule has 1 aliphatic heterocycles. The number of aromatic nitrogens is 2. The van der Waals surface area contributed by atoms with E-state index < -0.39 is 11.8 Å². The van der Waals surface area contributed by atoms with E-state index in [9.17, 15) is 14.3 Å². The van der Waals surface area contributed by atoms with Crippen LogP contribution in [0.1, 0.15) is 24.3 Å². The Hall–Kier alpha value is -3.65. The molecule has 4 aromatic rings. The summed E-state index contributed by atoms with van der Waals surface area (Å²) in [6.07, 6.45) is 1.69. The third kappa shape index (κ3) is 3.52. The lowest BCUT2D eigenvalue weighted by Gasteiger charge is -2.40. The third-order valence-electron chi connectivity index (χ3n) is 5.79. The van der Waals surface area contributed by atoms with E-state index in [-0.39, 0.29) is 28.4 Å². The van der Waals surface area contributed by atoms with Crippen molar-refractivity contribution >= 4 is 22.6 Å². The number of piperazine rings is 1. The Kier molecular flexibility index (Phi) is 4.74. The first-order chi connectivity index (χ1) is 15.3. The van der Waals surface area contributed by atoms with Crippen LogP contribution < -0.4 is 10.2 Å². The second-order valence-corrected chi connectivity index (χ2v) is 8.64. The van der Waals surface area contributed by atoms with Gasteiger partial charge in [0.1, 0.15) is 5.82 Å². The number of aromatic carboxylic acids is 1. The second-order valence-electron chi connectivity index (χ2n) is 8.64. The largest absolute Gasteiger partial charge is 0.476 e. The van der Waals surface area contributed by atoms with E-state index in [2.05, 4.69) is 34.0 Å². The second kappa shape index (κ2) is 7.49. The van der Waals surface area contributed by atoms with E-state index in [1.807, 2.05) is 24.3 Å². The molecule has 0 spiro atoms. The van der Waals surface area contributed by atoms with E-state index in [0.29, 0.717) is 16.5 Å². The van der Waals surface area contributed by atoms with Gasteiger partial charge in [0.2, 0.25) is 5.89 Å². The number of benzene rings is 2. The van der Waals surface area contributed by atoms with Crippen LogP contribution in [-0.4, -0.2) is 46.2 Å². The highest BCUT2D eigenvalue weighted by Crippen LogP contribution is 2.35. The van der Waals surface area contributed by atoms with Gasteiger partial charge in [-0.25, -0.2) is 14.2 Å². The summed E-state index contributed by atoms with van der Waals surface area (Å²) in [5, 5.41) is 13.8. The number of rotatable bonds is 4. The number of nitrogens with zero attached hydrogens (tertiary/aromatic N) is 2. The maximum atomic E-state index is 14.7. The zero-order chi connectivity index (χ0) is 22.5. The minimum atomic E-state index is -1.23. The van der Waals surface area contributed by atoms with Gasteiger partial charge in [0.05, 0.1) is 5.56 Å². The zero-order valence-electron chi connectivity index (χ0n) is 17.8. The summed E-state index contributed by atoms with van der Waals surface area (Å²) in [5.41, 5.74) is 2.22. The van der Waals surface area contributed by atoms with Crippen molar-refractivity contribution in [3.8, 4) is 22.8 Å². The molecule has 1 aliphatic rings. The lowest BCUT2D eigenvalue weighted by Crippen LogP contribution is -2.57.